The van der Waals surface area contributed by atoms with Crippen LogP contribution in [0.4, 0.5) is 9.59 Å². The maximum Gasteiger partial charge on any atom is 0.417 e. The van der Waals surface area contributed by atoms with Gasteiger partial charge in [0.2, 0.25) is 11.6 Å². The molecule has 0 spiro atoms. The van der Waals surface area contributed by atoms with Crippen molar-refractivity contribution < 1.29 is 52.4 Å². The van der Waals surface area contributed by atoms with E-state index in [4.69, 9.17) is 9.47 Å². The Kier molecular flexibility index (Phi) is 27.2. The Morgan fingerprint density at radius 3 is 1.90 bits per heavy atom. The number of amides is 3. The quantitative estimate of drug-likeness (QED) is 0.0967. The van der Waals surface area contributed by atoms with Crippen LogP contribution >= 0.6 is 11.8 Å². The molecule has 0 aromatic carbocycles. The predicted molar refractivity (Wildman–Crippen MR) is 167 cm³/mol. The van der Waals surface area contributed by atoms with Crippen LogP contribution in [-0.4, -0.2) is 54.3 Å². The van der Waals surface area contributed by atoms with E-state index >= 15 is 0 Å². The highest BCUT2D eigenvalue weighted by atomic mass is 127. The molecule has 1 N–H and O–H groups in total. The first-order valence-corrected chi connectivity index (χ1v) is 17.1. The molecule has 0 aliphatic rings. The van der Waals surface area contributed by atoms with E-state index in [1.807, 2.05) is 35.9 Å². The van der Waals surface area contributed by atoms with Gasteiger partial charge in [-0.05, 0) is 13.3 Å². The van der Waals surface area contributed by atoms with Crippen molar-refractivity contribution in [2.24, 2.45) is 0 Å². The summed E-state index contributed by atoms with van der Waals surface area (Å²) in [7, 11) is 0. The molecule has 1 heterocycles. The topological polar surface area (TPSA) is 88.8 Å². The summed E-state index contributed by atoms with van der Waals surface area (Å²) in [5.74, 6) is 0.811. The van der Waals surface area contributed by atoms with Crippen molar-refractivity contribution in [3.8, 4) is 0 Å². The molecule has 42 heavy (non-hydrogen) atoms. The number of ether oxygens (including phenoxy) is 2. The van der Waals surface area contributed by atoms with Gasteiger partial charge in [-0.15, -0.1) is 0 Å². The van der Waals surface area contributed by atoms with Gasteiger partial charge in [-0.2, -0.15) is 11.8 Å². The van der Waals surface area contributed by atoms with Crippen molar-refractivity contribution in [3.05, 3.63) is 30.1 Å². The monoisotopic (exact) mass is 721 g/mol. The van der Waals surface area contributed by atoms with Crippen molar-refractivity contribution in [1.82, 2.24) is 10.2 Å². The molecule has 0 saturated carbocycles. The van der Waals surface area contributed by atoms with E-state index in [-0.39, 0.29) is 49.1 Å². The number of nitrogens with one attached hydrogen (secondary N) is 1. The van der Waals surface area contributed by atoms with Crippen LogP contribution < -0.4 is 33.9 Å². The van der Waals surface area contributed by atoms with Gasteiger partial charge in [-0.25, -0.2) is 19.1 Å². The second-order valence-corrected chi connectivity index (χ2v) is 11.7. The summed E-state index contributed by atoms with van der Waals surface area (Å²) in [6.45, 7) is 7.66. The molecule has 0 bridgehead atoms. The Morgan fingerprint density at radius 1 is 0.810 bits per heavy atom. The largest absolute Gasteiger partial charge is 1.00 e. The van der Waals surface area contributed by atoms with E-state index in [1.165, 1.54) is 95.7 Å². The molecule has 0 aliphatic carbocycles. The van der Waals surface area contributed by atoms with Crippen LogP contribution in [0.1, 0.15) is 116 Å². The Morgan fingerprint density at radius 2 is 1.36 bits per heavy atom. The molecule has 0 fully saturated rings. The molecule has 0 aliphatic heterocycles. The van der Waals surface area contributed by atoms with Crippen molar-refractivity contribution in [3.63, 3.8) is 0 Å². The summed E-state index contributed by atoms with van der Waals surface area (Å²) in [5.41, 5.74) is 0.858. The number of halogens is 1. The number of alkyl carbamates (subject to hydrolysis) is 1. The van der Waals surface area contributed by atoms with E-state index < -0.39 is 6.09 Å². The minimum Gasteiger partial charge on any atom is -1.00 e. The number of aromatic nitrogens is 1. The summed E-state index contributed by atoms with van der Waals surface area (Å²) in [4.78, 5) is 37.4. The van der Waals surface area contributed by atoms with E-state index in [0.29, 0.717) is 24.7 Å². The average molecular weight is 722 g/mol. The highest BCUT2D eigenvalue weighted by molar-refractivity contribution is 7.99. The average Bonchev–Trinajstić information content (AvgIpc) is 2.97. The lowest BCUT2D eigenvalue weighted by Crippen LogP contribution is -3.00. The van der Waals surface area contributed by atoms with Gasteiger partial charge in [-0.1, -0.05) is 96.5 Å². The zero-order valence-electron chi connectivity index (χ0n) is 26.4. The van der Waals surface area contributed by atoms with Gasteiger partial charge >= 0.3 is 12.2 Å². The number of aryl methyl sites for hydroxylation is 1. The van der Waals surface area contributed by atoms with Crippen molar-refractivity contribution in [1.29, 1.82) is 0 Å². The number of thioether (sulfide) groups is 1. The number of pyridine rings is 1. The number of rotatable bonds is 24. The van der Waals surface area contributed by atoms with Gasteiger partial charge in [-0.3, -0.25) is 4.79 Å². The van der Waals surface area contributed by atoms with Crippen molar-refractivity contribution in [2.75, 3.05) is 31.3 Å². The lowest BCUT2D eigenvalue weighted by atomic mass is 10.0. The first kappa shape index (κ1) is 40.4. The number of imide groups is 1. The number of carbonyl (C=O) groups excluding carboxylic acids is 3. The molecule has 242 valence electrons. The Balaban J connectivity index is 0.0000168. The fourth-order valence-electron chi connectivity index (χ4n) is 4.55. The van der Waals surface area contributed by atoms with Gasteiger partial charge in [0.25, 0.3) is 0 Å². The number of nitrogens with zero attached hydrogens (tertiary/aromatic N) is 2. The molecular formula is C32H56IN3O5S. The fourth-order valence-corrected chi connectivity index (χ4v) is 5.16. The van der Waals surface area contributed by atoms with Crippen LogP contribution in [0.25, 0.3) is 0 Å². The summed E-state index contributed by atoms with van der Waals surface area (Å²) in [5, 5.41) is 2.82. The third-order valence-corrected chi connectivity index (χ3v) is 7.92. The van der Waals surface area contributed by atoms with Crippen LogP contribution in [0, 0.1) is 0 Å². The number of hydrogen-bond acceptors (Lipinski definition) is 6. The van der Waals surface area contributed by atoms with Gasteiger partial charge in [0, 0.05) is 37.1 Å². The number of carbonyl (C=O) groups is 3. The molecule has 10 heteroatoms. The first-order chi connectivity index (χ1) is 20.0. The third-order valence-electron chi connectivity index (χ3n) is 7.01. The number of unbranched alkanes of at least 4 members (excludes halogenated alkanes) is 13. The third kappa shape index (κ3) is 21.2. The summed E-state index contributed by atoms with van der Waals surface area (Å²) in [6, 6.07) is 5.68. The van der Waals surface area contributed by atoms with Gasteiger partial charge < -0.3 is 38.8 Å². The van der Waals surface area contributed by atoms with Crippen LogP contribution in [0.3, 0.4) is 0 Å². The molecular weight excluding hydrogens is 665 g/mol. The molecule has 0 saturated heterocycles. The van der Waals surface area contributed by atoms with Crippen LogP contribution in [0.15, 0.2) is 24.4 Å². The lowest BCUT2D eigenvalue weighted by Gasteiger charge is -2.17. The van der Waals surface area contributed by atoms with Crippen LogP contribution in [0.5, 0.6) is 0 Å². The summed E-state index contributed by atoms with van der Waals surface area (Å²) < 4.78 is 12.5. The molecule has 1 aromatic rings. The second-order valence-electron chi connectivity index (χ2n) is 10.5. The molecule has 0 unspecified atom stereocenters. The molecule has 0 atom stereocenters. The van der Waals surface area contributed by atoms with Crippen molar-refractivity contribution >= 4 is 29.9 Å². The molecule has 1 rings (SSSR count). The predicted octanol–water partition coefficient (Wildman–Crippen LogP) is 4.42. The van der Waals surface area contributed by atoms with Gasteiger partial charge in [0.15, 0.2) is 6.20 Å². The molecule has 8 nitrogen and oxygen atoms in total. The minimum absolute atomic E-state index is 0. The zero-order valence-corrected chi connectivity index (χ0v) is 29.4. The molecule has 3 amide bonds. The van der Waals surface area contributed by atoms with Crippen LogP contribution in [-0.2, 0) is 27.4 Å². The Labute approximate surface area is 276 Å². The first-order valence-electron chi connectivity index (χ1n) is 15.9. The Hall–Kier alpha value is -1.56. The summed E-state index contributed by atoms with van der Waals surface area (Å²) >= 11 is 1.53. The standard InChI is InChI=1S/C32H55N3O5S.HI/c1-4-6-7-8-9-10-11-12-13-14-15-16-17-19-22-33-31(37)39-24-26-41-27-25-40-32(38)35(29(3)36)28-30-21-18-20-23-34(30)5-2;/h18,20-21,23H,4-17,19,22,24-28H2,1-3H3;1H. The maximum absolute atomic E-state index is 12.4. The van der Waals surface area contributed by atoms with Crippen molar-refractivity contribution in [2.45, 2.75) is 124 Å². The van der Waals surface area contributed by atoms with Crippen LogP contribution in [0.2, 0.25) is 0 Å². The highest BCUT2D eigenvalue weighted by Gasteiger charge is 2.23. The maximum atomic E-state index is 12.4. The van der Waals surface area contributed by atoms with E-state index in [9.17, 15) is 14.4 Å². The normalized spacial score (nSPS) is 10.5. The zero-order chi connectivity index (χ0) is 30.0. The van der Waals surface area contributed by atoms with E-state index in [0.717, 1.165) is 30.0 Å². The lowest BCUT2D eigenvalue weighted by molar-refractivity contribution is -0.701. The van der Waals surface area contributed by atoms with E-state index in [1.54, 1.807) is 0 Å². The molecule has 1 aromatic heterocycles. The van der Waals surface area contributed by atoms with E-state index in [2.05, 4.69) is 12.2 Å². The van der Waals surface area contributed by atoms with Gasteiger partial charge in [0.05, 0.1) is 0 Å². The summed E-state index contributed by atoms with van der Waals surface area (Å²) in [6.07, 6.45) is 19.3. The fraction of sp³-hybridized carbons (Fsp3) is 0.750. The molecule has 0 radical (unpaired) electrons. The second kappa shape index (κ2) is 28.2. The Bertz CT molecular complexity index is 846. The minimum atomic E-state index is -0.649. The van der Waals surface area contributed by atoms with Gasteiger partial charge in [0.1, 0.15) is 26.3 Å². The smallest absolute Gasteiger partial charge is 0.417 e. The highest BCUT2D eigenvalue weighted by Crippen LogP contribution is 2.13. The SMILES string of the molecule is CCCCCCCCCCCCCCCCNC(=O)OCCSCCOC(=O)N(Cc1cccc[n+]1CC)C(C)=O.[I-]. The number of hydrogen-bond donors (Lipinski definition) is 1.